The number of carbonyl (C=O) groups excluding carboxylic acids is 1. The van der Waals surface area contributed by atoms with E-state index >= 15 is 0 Å². The molecule has 1 aliphatic rings. The van der Waals surface area contributed by atoms with E-state index in [0.717, 1.165) is 37.2 Å². The Kier molecular flexibility index (Phi) is 9.28. The number of rotatable bonds is 12. The zero-order valence-electron chi connectivity index (χ0n) is 19.9. The molecule has 0 radical (unpaired) electrons. The number of amides is 1. The molecule has 0 saturated carbocycles. The van der Waals surface area contributed by atoms with Crippen LogP contribution in [0.4, 0.5) is 0 Å². The molecule has 2 aromatic rings. The summed E-state index contributed by atoms with van der Waals surface area (Å²) in [4.78, 5) is 15.3. The number of hydrogen-bond acceptors (Lipinski definition) is 7. The number of hydrogen-bond donors (Lipinski definition) is 2. The third kappa shape index (κ3) is 6.47. The minimum absolute atomic E-state index is 0.00881. The predicted molar refractivity (Wildman–Crippen MR) is 129 cm³/mol. The van der Waals surface area contributed by atoms with E-state index in [0.29, 0.717) is 6.54 Å². The summed E-state index contributed by atoms with van der Waals surface area (Å²) in [7, 11) is 0.623. The molecule has 9 nitrogen and oxygen atoms in total. The molecule has 2 N–H and O–H groups in total. The molecule has 1 atom stereocenters. The summed E-state index contributed by atoms with van der Waals surface area (Å²) in [5.41, 5.74) is 1.33. The van der Waals surface area contributed by atoms with Gasteiger partial charge in [-0.05, 0) is 61.8 Å². The van der Waals surface area contributed by atoms with Gasteiger partial charge in [0, 0.05) is 25.8 Å². The Hall–Kier alpha value is -2.66. The molecule has 186 valence electrons. The largest absolute Gasteiger partial charge is 0.497 e. The van der Waals surface area contributed by atoms with Gasteiger partial charge in [0.2, 0.25) is 10.0 Å². The molecule has 1 unspecified atom stereocenters. The maximum atomic E-state index is 13.0. The standard InChI is InChI=1S/C24H33N3O6S/c1-31-15-12-26-34(29,30)23-16-19(8-11-22(23)33-3)24(28)25-17-21(27-13-4-5-14-27)18-6-9-20(32-2)10-7-18/h6-11,16,21,26H,4-5,12-15,17H2,1-3H3,(H,25,28). The average molecular weight is 492 g/mol. The number of benzene rings is 2. The first kappa shape index (κ1) is 26.0. The van der Waals surface area contributed by atoms with E-state index in [1.807, 2.05) is 24.3 Å². The summed E-state index contributed by atoms with van der Waals surface area (Å²) >= 11 is 0. The second-order valence-electron chi connectivity index (χ2n) is 8.00. The van der Waals surface area contributed by atoms with Crippen LogP contribution in [0.15, 0.2) is 47.4 Å². The van der Waals surface area contributed by atoms with Gasteiger partial charge in [-0.15, -0.1) is 0 Å². The highest BCUT2D eigenvalue weighted by Crippen LogP contribution is 2.27. The number of nitrogens with one attached hydrogen (secondary N) is 2. The van der Waals surface area contributed by atoms with Crippen LogP contribution in [0.3, 0.4) is 0 Å². The van der Waals surface area contributed by atoms with Gasteiger partial charge in [-0.3, -0.25) is 9.69 Å². The minimum atomic E-state index is -3.88. The normalized spacial score (nSPS) is 15.1. The van der Waals surface area contributed by atoms with Crippen molar-refractivity contribution in [1.29, 1.82) is 0 Å². The summed E-state index contributed by atoms with van der Waals surface area (Å²) in [6.07, 6.45) is 2.24. The minimum Gasteiger partial charge on any atom is -0.497 e. The first-order valence-electron chi connectivity index (χ1n) is 11.2. The van der Waals surface area contributed by atoms with Crippen molar-refractivity contribution in [3.63, 3.8) is 0 Å². The van der Waals surface area contributed by atoms with Gasteiger partial charge < -0.3 is 19.5 Å². The summed E-state index contributed by atoms with van der Waals surface area (Å²) < 4.78 is 43.3. The number of ether oxygens (including phenoxy) is 3. The number of sulfonamides is 1. The van der Waals surface area contributed by atoms with Crippen molar-refractivity contribution in [2.75, 3.05) is 54.1 Å². The Morgan fingerprint density at radius 3 is 2.35 bits per heavy atom. The highest BCUT2D eigenvalue weighted by molar-refractivity contribution is 7.89. The number of nitrogens with zero attached hydrogens (tertiary/aromatic N) is 1. The molecule has 1 amide bonds. The Bertz CT molecular complexity index is 1050. The van der Waals surface area contributed by atoms with E-state index in [9.17, 15) is 13.2 Å². The third-order valence-electron chi connectivity index (χ3n) is 5.85. The monoisotopic (exact) mass is 491 g/mol. The highest BCUT2D eigenvalue weighted by Gasteiger charge is 2.25. The lowest BCUT2D eigenvalue weighted by Crippen LogP contribution is -2.37. The molecule has 0 spiro atoms. The zero-order valence-corrected chi connectivity index (χ0v) is 20.7. The molecule has 1 fully saturated rings. The van der Waals surface area contributed by atoms with E-state index < -0.39 is 10.0 Å². The van der Waals surface area contributed by atoms with Crippen molar-refractivity contribution in [2.45, 2.75) is 23.8 Å². The van der Waals surface area contributed by atoms with Crippen molar-refractivity contribution >= 4 is 15.9 Å². The van der Waals surface area contributed by atoms with Gasteiger partial charge in [0.15, 0.2) is 0 Å². The van der Waals surface area contributed by atoms with Crippen LogP contribution in [0.25, 0.3) is 0 Å². The van der Waals surface area contributed by atoms with Gasteiger partial charge in [-0.1, -0.05) is 12.1 Å². The molecule has 10 heteroatoms. The molecular weight excluding hydrogens is 458 g/mol. The van der Waals surface area contributed by atoms with Gasteiger partial charge in [-0.25, -0.2) is 13.1 Å². The summed E-state index contributed by atoms with van der Waals surface area (Å²) in [5.74, 6) is 0.586. The number of likely N-dealkylation sites (tertiary alicyclic amines) is 1. The van der Waals surface area contributed by atoms with Crippen molar-refractivity contribution in [3.05, 3.63) is 53.6 Å². The lowest BCUT2D eigenvalue weighted by molar-refractivity contribution is 0.0937. The molecule has 1 aliphatic heterocycles. The maximum absolute atomic E-state index is 13.0. The highest BCUT2D eigenvalue weighted by atomic mass is 32.2. The number of methoxy groups -OCH3 is 3. The Morgan fingerprint density at radius 1 is 1.03 bits per heavy atom. The molecule has 3 rings (SSSR count). The second kappa shape index (κ2) is 12.2. The van der Waals surface area contributed by atoms with E-state index in [-0.39, 0.29) is 41.3 Å². The van der Waals surface area contributed by atoms with Crippen molar-refractivity contribution in [3.8, 4) is 11.5 Å². The third-order valence-corrected chi connectivity index (χ3v) is 7.33. The van der Waals surface area contributed by atoms with Crippen LogP contribution in [0.5, 0.6) is 11.5 Å². The van der Waals surface area contributed by atoms with Gasteiger partial charge in [0.05, 0.1) is 26.9 Å². The van der Waals surface area contributed by atoms with Crippen LogP contribution in [0.1, 0.15) is 34.8 Å². The fourth-order valence-corrected chi connectivity index (χ4v) is 5.22. The maximum Gasteiger partial charge on any atom is 0.251 e. The second-order valence-corrected chi connectivity index (χ2v) is 9.73. The smallest absolute Gasteiger partial charge is 0.251 e. The Balaban J connectivity index is 1.77. The lowest BCUT2D eigenvalue weighted by Gasteiger charge is -2.28. The van der Waals surface area contributed by atoms with Crippen molar-refractivity contribution < 1.29 is 27.4 Å². The predicted octanol–water partition coefficient (Wildman–Crippen LogP) is 2.20. The van der Waals surface area contributed by atoms with Crippen LogP contribution in [0, 0.1) is 0 Å². The number of carbonyl (C=O) groups is 1. The molecule has 1 saturated heterocycles. The summed E-state index contributed by atoms with van der Waals surface area (Å²) in [6.45, 7) is 2.66. The summed E-state index contributed by atoms with van der Waals surface area (Å²) in [5, 5.41) is 2.98. The molecule has 0 aliphatic carbocycles. The van der Waals surface area contributed by atoms with E-state index in [1.54, 1.807) is 13.2 Å². The van der Waals surface area contributed by atoms with E-state index in [1.165, 1.54) is 26.4 Å². The van der Waals surface area contributed by atoms with Gasteiger partial charge in [0.25, 0.3) is 5.91 Å². The first-order chi connectivity index (χ1) is 16.4. The topological polar surface area (TPSA) is 106 Å². The molecular formula is C24H33N3O6S. The SMILES string of the molecule is COCCNS(=O)(=O)c1cc(C(=O)NCC(c2ccc(OC)cc2)N2CCCC2)ccc1OC. The average Bonchev–Trinajstić information content (AvgIpc) is 3.38. The zero-order chi connectivity index (χ0) is 24.6. The van der Waals surface area contributed by atoms with E-state index in [2.05, 4.69) is 14.9 Å². The van der Waals surface area contributed by atoms with Gasteiger partial charge in [-0.2, -0.15) is 0 Å². The van der Waals surface area contributed by atoms with Crippen LogP contribution in [-0.2, 0) is 14.8 Å². The van der Waals surface area contributed by atoms with Crippen LogP contribution >= 0.6 is 0 Å². The molecule has 34 heavy (non-hydrogen) atoms. The Morgan fingerprint density at radius 2 is 1.74 bits per heavy atom. The van der Waals surface area contributed by atoms with Gasteiger partial charge in [0.1, 0.15) is 16.4 Å². The van der Waals surface area contributed by atoms with Crippen LogP contribution < -0.4 is 19.5 Å². The Labute approximate surface area is 201 Å². The molecule has 0 aromatic heterocycles. The fraction of sp³-hybridized carbons (Fsp3) is 0.458. The molecule has 1 heterocycles. The lowest BCUT2D eigenvalue weighted by atomic mass is 10.0. The molecule has 0 bridgehead atoms. The first-order valence-corrected chi connectivity index (χ1v) is 12.7. The van der Waals surface area contributed by atoms with Crippen molar-refractivity contribution in [1.82, 2.24) is 14.9 Å². The van der Waals surface area contributed by atoms with Crippen LogP contribution in [-0.4, -0.2) is 73.3 Å². The van der Waals surface area contributed by atoms with E-state index in [4.69, 9.17) is 14.2 Å². The van der Waals surface area contributed by atoms with Crippen molar-refractivity contribution in [2.24, 2.45) is 0 Å². The molecule has 2 aromatic carbocycles. The van der Waals surface area contributed by atoms with Crippen LogP contribution in [0.2, 0.25) is 0 Å². The quantitative estimate of drug-likeness (QED) is 0.439. The fourth-order valence-electron chi connectivity index (χ4n) is 4.01. The summed E-state index contributed by atoms with van der Waals surface area (Å²) in [6, 6.07) is 12.2. The van der Waals surface area contributed by atoms with Gasteiger partial charge >= 0.3 is 0 Å².